The monoisotopic (exact) mass is 453 g/mol. The topological polar surface area (TPSA) is 93.1 Å². The zero-order valence-corrected chi connectivity index (χ0v) is 18.9. The summed E-state index contributed by atoms with van der Waals surface area (Å²) in [5.41, 5.74) is -0.967. The molecule has 7 heteroatoms. The van der Waals surface area contributed by atoms with Crippen LogP contribution in [0.4, 0.5) is 0 Å². The third-order valence-corrected chi connectivity index (χ3v) is 5.98. The van der Waals surface area contributed by atoms with Crippen LogP contribution in [0.15, 0.2) is 60.7 Å². The SMILES string of the molecule is CCOC(=O)[C@@](CCC1CCCN(Cc2ccccc2)C1)(OC(=O)c1ccccc1)C(=O)O. The number of benzene rings is 2. The summed E-state index contributed by atoms with van der Waals surface area (Å²) in [6.07, 6.45) is 2.21. The number of carbonyl (C=O) groups is 3. The normalized spacial score (nSPS) is 18.2. The molecular weight excluding hydrogens is 422 g/mol. The number of ether oxygens (including phenoxy) is 2. The molecule has 0 saturated carbocycles. The molecule has 1 aliphatic rings. The molecule has 0 aromatic heterocycles. The number of hydrogen-bond donors (Lipinski definition) is 1. The van der Waals surface area contributed by atoms with Crippen molar-refractivity contribution >= 4 is 17.9 Å². The molecule has 0 bridgehead atoms. The van der Waals surface area contributed by atoms with Gasteiger partial charge in [-0.05, 0) is 56.3 Å². The molecule has 0 aliphatic carbocycles. The first-order valence-electron chi connectivity index (χ1n) is 11.4. The van der Waals surface area contributed by atoms with Crippen LogP contribution in [0.25, 0.3) is 0 Å². The predicted octanol–water partition coefficient (Wildman–Crippen LogP) is 3.92. The summed E-state index contributed by atoms with van der Waals surface area (Å²) in [5, 5.41) is 10.0. The zero-order chi connectivity index (χ0) is 23.7. The Labute approximate surface area is 194 Å². The lowest BCUT2D eigenvalue weighted by molar-refractivity contribution is -0.181. The highest BCUT2D eigenvalue weighted by atomic mass is 16.6. The molecule has 2 aromatic rings. The maximum absolute atomic E-state index is 12.8. The van der Waals surface area contributed by atoms with Gasteiger partial charge in [-0.15, -0.1) is 0 Å². The molecular formula is C26H31NO6. The standard InChI is InChI=1S/C26H31NO6/c1-2-32-25(31)26(24(29)30,33-23(28)22-13-7-4-8-14-22)16-15-21-12-9-17-27(19-21)18-20-10-5-3-6-11-20/h3-8,10-11,13-14,21H,2,9,12,15-19H2,1H3,(H,29,30)/t21?,26-/m0/s1. The molecule has 7 nitrogen and oxygen atoms in total. The van der Waals surface area contributed by atoms with Crippen LogP contribution in [0.3, 0.4) is 0 Å². The van der Waals surface area contributed by atoms with Crippen molar-refractivity contribution in [1.29, 1.82) is 0 Å². The van der Waals surface area contributed by atoms with Crippen molar-refractivity contribution in [1.82, 2.24) is 4.90 Å². The van der Waals surface area contributed by atoms with E-state index in [9.17, 15) is 19.5 Å². The van der Waals surface area contributed by atoms with Gasteiger partial charge in [-0.1, -0.05) is 48.5 Å². The van der Waals surface area contributed by atoms with Gasteiger partial charge in [0.2, 0.25) is 0 Å². The molecule has 0 spiro atoms. The summed E-state index contributed by atoms with van der Waals surface area (Å²) in [4.78, 5) is 40.1. The second kappa shape index (κ2) is 11.6. The average molecular weight is 454 g/mol. The summed E-state index contributed by atoms with van der Waals surface area (Å²) in [6.45, 7) is 4.16. The van der Waals surface area contributed by atoms with Crippen molar-refractivity contribution in [2.45, 2.75) is 44.8 Å². The van der Waals surface area contributed by atoms with E-state index < -0.39 is 23.5 Å². The largest absolute Gasteiger partial charge is 0.478 e. The number of nitrogens with zero attached hydrogens (tertiary/aromatic N) is 1. The highest BCUT2D eigenvalue weighted by molar-refractivity contribution is 6.06. The van der Waals surface area contributed by atoms with E-state index in [1.807, 2.05) is 18.2 Å². The van der Waals surface area contributed by atoms with Crippen LogP contribution in [0.1, 0.15) is 48.5 Å². The van der Waals surface area contributed by atoms with Gasteiger partial charge in [0.15, 0.2) is 0 Å². The van der Waals surface area contributed by atoms with Crippen LogP contribution in [-0.4, -0.2) is 53.2 Å². The summed E-state index contributed by atoms with van der Waals surface area (Å²) in [6, 6.07) is 18.2. The lowest BCUT2D eigenvalue weighted by Gasteiger charge is -2.34. The molecule has 1 heterocycles. The third kappa shape index (κ3) is 6.42. The Morgan fingerprint density at radius 3 is 2.36 bits per heavy atom. The van der Waals surface area contributed by atoms with Crippen molar-refractivity contribution < 1.29 is 29.0 Å². The van der Waals surface area contributed by atoms with Crippen LogP contribution in [0, 0.1) is 5.92 Å². The fourth-order valence-electron chi connectivity index (χ4n) is 4.25. The van der Waals surface area contributed by atoms with Gasteiger partial charge in [-0.25, -0.2) is 14.4 Å². The Kier molecular flexibility index (Phi) is 8.60. The van der Waals surface area contributed by atoms with Gasteiger partial charge in [0.25, 0.3) is 0 Å². The van der Waals surface area contributed by atoms with Gasteiger partial charge >= 0.3 is 23.5 Å². The molecule has 1 N–H and O–H groups in total. The van der Waals surface area contributed by atoms with Crippen LogP contribution in [-0.2, 0) is 25.6 Å². The highest BCUT2D eigenvalue weighted by Gasteiger charge is 2.52. The highest BCUT2D eigenvalue weighted by Crippen LogP contribution is 2.29. The van der Waals surface area contributed by atoms with E-state index in [0.717, 1.165) is 32.5 Å². The molecule has 2 aromatic carbocycles. The number of aliphatic carboxylic acids is 1. The molecule has 1 saturated heterocycles. The van der Waals surface area contributed by atoms with E-state index in [4.69, 9.17) is 9.47 Å². The van der Waals surface area contributed by atoms with Gasteiger partial charge in [0, 0.05) is 19.5 Å². The molecule has 1 fully saturated rings. The first-order valence-corrected chi connectivity index (χ1v) is 11.4. The molecule has 1 unspecified atom stereocenters. The summed E-state index contributed by atoms with van der Waals surface area (Å²) in [5.74, 6) is -3.23. The predicted molar refractivity (Wildman–Crippen MR) is 123 cm³/mol. The summed E-state index contributed by atoms with van der Waals surface area (Å²) in [7, 11) is 0. The summed E-state index contributed by atoms with van der Waals surface area (Å²) >= 11 is 0. The van der Waals surface area contributed by atoms with Crippen molar-refractivity contribution in [3.05, 3.63) is 71.8 Å². The fraction of sp³-hybridized carbons (Fsp3) is 0.423. The number of carboxylic acids is 1. The Balaban J connectivity index is 1.71. The minimum Gasteiger partial charge on any atom is -0.478 e. The zero-order valence-electron chi connectivity index (χ0n) is 18.9. The molecule has 1 aliphatic heterocycles. The van der Waals surface area contributed by atoms with Gasteiger partial charge in [-0.2, -0.15) is 0 Å². The number of likely N-dealkylation sites (tertiary alicyclic amines) is 1. The number of carbonyl (C=O) groups excluding carboxylic acids is 2. The van der Waals surface area contributed by atoms with E-state index in [2.05, 4.69) is 17.0 Å². The minimum atomic E-state index is -2.37. The van der Waals surface area contributed by atoms with Gasteiger partial charge in [0.05, 0.1) is 12.2 Å². The van der Waals surface area contributed by atoms with Crippen LogP contribution in [0.2, 0.25) is 0 Å². The molecule has 0 amide bonds. The van der Waals surface area contributed by atoms with E-state index in [-0.39, 0.29) is 24.5 Å². The Morgan fingerprint density at radius 2 is 1.73 bits per heavy atom. The number of rotatable bonds is 10. The number of piperidine rings is 1. The molecule has 176 valence electrons. The Hall–Kier alpha value is -3.19. The van der Waals surface area contributed by atoms with E-state index in [1.54, 1.807) is 25.1 Å². The smallest absolute Gasteiger partial charge is 0.362 e. The average Bonchev–Trinajstić information content (AvgIpc) is 2.83. The van der Waals surface area contributed by atoms with Crippen LogP contribution >= 0.6 is 0 Å². The molecule has 3 rings (SSSR count). The maximum Gasteiger partial charge on any atom is 0.362 e. The minimum absolute atomic E-state index is 0.00890. The van der Waals surface area contributed by atoms with Crippen molar-refractivity contribution in [2.24, 2.45) is 5.92 Å². The van der Waals surface area contributed by atoms with Crippen molar-refractivity contribution in [3.63, 3.8) is 0 Å². The number of carboxylic acid groups (broad SMARTS) is 1. The lowest BCUT2D eigenvalue weighted by Crippen LogP contribution is -2.52. The Morgan fingerprint density at radius 1 is 1.06 bits per heavy atom. The van der Waals surface area contributed by atoms with Crippen LogP contribution in [0.5, 0.6) is 0 Å². The quantitative estimate of drug-likeness (QED) is 0.430. The number of esters is 2. The van der Waals surface area contributed by atoms with Crippen LogP contribution < -0.4 is 0 Å². The molecule has 2 atom stereocenters. The summed E-state index contributed by atoms with van der Waals surface area (Å²) < 4.78 is 10.4. The van der Waals surface area contributed by atoms with Gasteiger partial charge in [0.1, 0.15) is 0 Å². The van der Waals surface area contributed by atoms with Gasteiger partial charge < -0.3 is 14.6 Å². The first kappa shape index (κ1) is 24.5. The fourth-order valence-corrected chi connectivity index (χ4v) is 4.25. The van der Waals surface area contributed by atoms with Crippen molar-refractivity contribution in [3.8, 4) is 0 Å². The Bertz CT molecular complexity index is 932. The first-order chi connectivity index (χ1) is 15.9. The van der Waals surface area contributed by atoms with E-state index >= 15 is 0 Å². The molecule has 0 radical (unpaired) electrons. The second-order valence-corrected chi connectivity index (χ2v) is 8.38. The van der Waals surface area contributed by atoms with E-state index in [0.29, 0.717) is 6.42 Å². The van der Waals surface area contributed by atoms with E-state index in [1.165, 1.54) is 17.7 Å². The number of hydrogen-bond acceptors (Lipinski definition) is 6. The van der Waals surface area contributed by atoms with Gasteiger partial charge in [-0.3, -0.25) is 4.90 Å². The maximum atomic E-state index is 12.8. The third-order valence-electron chi connectivity index (χ3n) is 5.98. The second-order valence-electron chi connectivity index (χ2n) is 8.38. The lowest BCUT2D eigenvalue weighted by atomic mass is 9.87. The molecule has 33 heavy (non-hydrogen) atoms. The van der Waals surface area contributed by atoms with Crippen molar-refractivity contribution in [2.75, 3.05) is 19.7 Å².